The van der Waals surface area contributed by atoms with Crippen molar-refractivity contribution in [3.8, 4) is 5.75 Å². The van der Waals surface area contributed by atoms with E-state index in [1.54, 1.807) is 24.3 Å². The highest BCUT2D eigenvalue weighted by Gasteiger charge is 2.22. The lowest BCUT2D eigenvalue weighted by atomic mass is 9.94. The van der Waals surface area contributed by atoms with Crippen molar-refractivity contribution in [2.24, 2.45) is 5.92 Å². The molecule has 2 aromatic rings. The van der Waals surface area contributed by atoms with E-state index >= 15 is 0 Å². The van der Waals surface area contributed by atoms with Crippen molar-refractivity contribution in [2.75, 3.05) is 12.4 Å². The average molecular weight is 341 g/mol. The van der Waals surface area contributed by atoms with Crippen LogP contribution in [0.1, 0.15) is 23.1 Å². The predicted octanol–water partition coefficient (Wildman–Crippen LogP) is 3.58. The molecule has 2 rings (SSSR count). The van der Waals surface area contributed by atoms with E-state index in [2.05, 4.69) is 5.32 Å². The van der Waals surface area contributed by atoms with Gasteiger partial charge in [0.25, 0.3) is 0 Å². The molecule has 1 atom stereocenters. The highest BCUT2D eigenvalue weighted by atomic mass is 16.5. The van der Waals surface area contributed by atoms with E-state index in [1.165, 1.54) is 7.11 Å². The van der Waals surface area contributed by atoms with Crippen LogP contribution < -0.4 is 10.1 Å². The quantitative estimate of drug-likeness (QED) is 0.807. The van der Waals surface area contributed by atoms with Gasteiger partial charge in [-0.1, -0.05) is 41.5 Å². The first kappa shape index (κ1) is 18.5. The number of carbonyl (C=O) groups is 2. The minimum atomic E-state index is -0.977. The minimum Gasteiger partial charge on any atom is -0.495 e. The number of carboxylic acid groups (broad SMARTS) is 1. The maximum atomic E-state index is 12.3. The summed E-state index contributed by atoms with van der Waals surface area (Å²) in [5.74, 6) is -1.57. The SMILES string of the molecule is COc1ccccc1NC(=O)C[C@@H](Cc1cc(C)cc(C)c1)C(=O)O. The van der Waals surface area contributed by atoms with Gasteiger partial charge in [0.2, 0.25) is 5.91 Å². The molecule has 2 N–H and O–H groups in total. The van der Waals surface area contributed by atoms with Gasteiger partial charge in [-0.05, 0) is 38.0 Å². The van der Waals surface area contributed by atoms with Crippen LogP contribution >= 0.6 is 0 Å². The molecule has 0 aliphatic rings. The summed E-state index contributed by atoms with van der Waals surface area (Å²) in [6, 6.07) is 13.0. The van der Waals surface area contributed by atoms with E-state index in [4.69, 9.17) is 4.74 Å². The summed E-state index contributed by atoms with van der Waals surface area (Å²) in [4.78, 5) is 23.9. The summed E-state index contributed by atoms with van der Waals surface area (Å²) >= 11 is 0. The molecule has 0 spiro atoms. The normalized spacial score (nSPS) is 11.6. The Morgan fingerprint density at radius 1 is 1.12 bits per heavy atom. The van der Waals surface area contributed by atoms with Crippen LogP contribution in [-0.2, 0) is 16.0 Å². The summed E-state index contributed by atoms with van der Waals surface area (Å²) in [6.45, 7) is 3.95. The fraction of sp³-hybridized carbons (Fsp3) is 0.300. The minimum absolute atomic E-state index is 0.0969. The van der Waals surface area contributed by atoms with Crippen LogP contribution in [-0.4, -0.2) is 24.1 Å². The largest absolute Gasteiger partial charge is 0.495 e. The maximum absolute atomic E-state index is 12.3. The Morgan fingerprint density at radius 3 is 2.36 bits per heavy atom. The third-order valence-electron chi connectivity index (χ3n) is 3.93. The summed E-state index contributed by atoms with van der Waals surface area (Å²) < 4.78 is 5.19. The van der Waals surface area contributed by atoms with Crippen LogP contribution in [0.5, 0.6) is 5.75 Å². The molecule has 0 saturated carbocycles. The number of methoxy groups -OCH3 is 1. The number of nitrogens with one attached hydrogen (secondary N) is 1. The number of hydrogen-bond acceptors (Lipinski definition) is 3. The third kappa shape index (κ3) is 5.35. The summed E-state index contributed by atoms with van der Waals surface area (Å²) in [5, 5.41) is 12.2. The highest BCUT2D eigenvalue weighted by Crippen LogP contribution is 2.24. The number of rotatable bonds is 7. The number of carboxylic acids is 1. The molecule has 2 aromatic carbocycles. The molecule has 0 unspecified atom stereocenters. The monoisotopic (exact) mass is 341 g/mol. The van der Waals surface area contributed by atoms with Gasteiger partial charge >= 0.3 is 5.97 Å². The van der Waals surface area contributed by atoms with Crippen molar-refractivity contribution in [2.45, 2.75) is 26.7 Å². The van der Waals surface area contributed by atoms with Gasteiger partial charge in [-0.15, -0.1) is 0 Å². The molecule has 1 amide bonds. The number of hydrogen-bond donors (Lipinski definition) is 2. The highest BCUT2D eigenvalue weighted by molar-refractivity contribution is 5.94. The first-order valence-electron chi connectivity index (χ1n) is 8.12. The molecule has 132 valence electrons. The Morgan fingerprint density at radius 2 is 1.76 bits per heavy atom. The molecule has 5 heteroatoms. The molecule has 0 radical (unpaired) electrons. The molecule has 0 aromatic heterocycles. The number of para-hydroxylation sites is 2. The number of aliphatic carboxylic acids is 1. The van der Waals surface area contributed by atoms with Gasteiger partial charge < -0.3 is 15.2 Å². The Labute approximate surface area is 147 Å². The van der Waals surface area contributed by atoms with Gasteiger partial charge in [-0.2, -0.15) is 0 Å². The predicted molar refractivity (Wildman–Crippen MR) is 97.0 cm³/mol. The van der Waals surface area contributed by atoms with Crippen LogP contribution in [0.15, 0.2) is 42.5 Å². The van der Waals surface area contributed by atoms with Crippen molar-refractivity contribution in [3.05, 3.63) is 59.2 Å². The molecule has 0 aliphatic carbocycles. The lowest BCUT2D eigenvalue weighted by molar-refractivity contribution is -0.143. The second kappa shape index (κ2) is 8.33. The van der Waals surface area contributed by atoms with Crippen LogP contribution in [0, 0.1) is 19.8 Å². The molecular weight excluding hydrogens is 318 g/mol. The fourth-order valence-electron chi connectivity index (χ4n) is 2.89. The zero-order valence-corrected chi connectivity index (χ0v) is 14.7. The van der Waals surface area contributed by atoms with Gasteiger partial charge in [0.05, 0.1) is 18.7 Å². The van der Waals surface area contributed by atoms with Crippen LogP contribution in [0.2, 0.25) is 0 Å². The van der Waals surface area contributed by atoms with Gasteiger partial charge in [0.15, 0.2) is 0 Å². The molecule has 0 fully saturated rings. The summed E-state index contributed by atoms with van der Waals surface area (Å²) in [7, 11) is 1.52. The van der Waals surface area contributed by atoms with E-state index in [9.17, 15) is 14.7 Å². The third-order valence-corrected chi connectivity index (χ3v) is 3.93. The fourth-order valence-corrected chi connectivity index (χ4v) is 2.89. The smallest absolute Gasteiger partial charge is 0.307 e. The maximum Gasteiger partial charge on any atom is 0.307 e. The van der Waals surface area contributed by atoms with E-state index in [1.807, 2.05) is 32.0 Å². The Kier molecular flexibility index (Phi) is 6.17. The van der Waals surface area contributed by atoms with Crippen molar-refractivity contribution < 1.29 is 19.4 Å². The van der Waals surface area contributed by atoms with Gasteiger partial charge in [-0.25, -0.2) is 0 Å². The number of aryl methyl sites for hydroxylation is 2. The average Bonchev–Trinajstić information content (AvgIpc) is 2.53. The lowest BCUT2D eigenvalue weighted by Crippen LogP contribution is -2.24. The zero-order chi connectivity index (χ0) is 18.4. The Hall–Kier alpha value is -2.82. The van der Waals surface area contributed by atoms with Crippen molar-refractivity contribution in [1.29, 1.82) is 0 Å². The molecule has 0 saturated heterocycles. The Balaban J connectivity index is 2.08. The standard InChI is InChI=1S/C20H23NO4/c1-13-8-14(2)10-15(9-13)11-16(20(23)24)12-19(22)21-17-6-4-5-7-18(17)25-3/h4-10,16H,11-12H2,1-3H3,(H,21,22)(H,23,24)/t16-/m1/s1. The Bertz CT molecular complexity index is 750. The second-order valence-electron chi connectivity index (χ2n) is 6.19. The number of carbonyl (C=O) groups excluding carboxylic acids is 1. The topological polar surface area (TPSA) is 75.6 Å². The summed E-state index contributed by atoms with van der Waals surface area (Å²) in [6.07, 6.45) is 0.220. The number of ether oxygens (including phenoxy) is 1. The molecule has 0 bridgehead atoms. The van der Waals surface area contributed by atoms with Crippen LogP contribution in [0.3, 0.4) is 0 Å². The first-order chi connectivity index (χ1) is 11.9. The number of benzene rings is 2. The molecule has 25 heavy (non-hydrogen) atoms. The molecule has 0 heterocycles. The van der Waals surface area contributed by atoms with Gasteiger partial charge in [0, 0.05) is 6.42 Å². The summed E-state index contributed by atoms with van der Waals surface area (Å²) in [5.41, 5.74) is 3.62. The van der Waals surface area contributed by atoms with E-state index < -0.39 is 11.9 Å². The van der Waals surface area contributed by atoms with Crippen molar-refractivity contribution >= 4 is 17.6 Å². The van der Waals surface area contributed by atoms with Gasteiger partial charge in [0.1, 0.15) is 5.75 Å². The molecule has 5 nitrogen and oxygen atoms in total. The number of amides is 1. The number of anilines is 1. The van der Waals surface area contributed by atoms with Crippen molar-refractivity contribution in [3.63, 3.8) is 0 Å². The van der Waals surface area contributed by atoms with E-state index in [-0.39, 0.29) is 12.3 Å². The molecular formula is C20H23NO4. The van der Waals surface area contributed by atoms with Crippen LogP contribution in [0.25, 0.3) is 0 Å². The van der Waals surface area contributed by atoms with E-state index in [0.29, 0.717) is 17.9 Å². The second-order valence-corrected chi connectivity index (χ2v) is 6.19. The van der Waals surface area contributed by atoms with E-state index in [0.717, 1.165) is 16.7 Å². The van der Waals surface area contributed by atoms with Crippen LogP contribution in [0.4, 0.5) is 5.69 Å². The van der Waals surface area contributed by atoms with Gasteiger partial charge in [-0.3, -0.25) is 9.59 Å². The zero-order valence-electron chi connectivity index (χ0n) is 14.7. The van der Waals surface area contributed by atoms with Crippen molar-refractivity contribution in [1.82, 2.24) is 0 Å². The molecule has 0 aliphatic heterocycles. The lowest BCUT2D eigenvalue weighted by Gasteiger charge is -2.15. The first-order valence-corrected chi connectivity index (χ1v) is 8.12.